The van der Waals surface area contributed by atoms with E-state index in [1.165, 1.54) is 0 Å². The summed E-state index contributed by atoms with van der Waals surface area (Å²) >= 11 is 0. The van der Waals surface area contributed by atoms with E-state index >= 15 is 0 Å². The number of hydrogen-bond acceptors (Lipinski definition) is 5. The number of aromatic nitrogens is 2. The fourth-order valence-electron chi connectivity index (χ4n) is 1.22. The molecule has 0 aliphatic rings. The highest BCUT2D eigenvalue weighted by molar-refractivity contribution is 5.48. The molecule has 2 N–H and O–H groups in total. The molecule has 0 aromatic carbocycles. The molecular weight excluding hydrogens is 202 g/mol. The summed E-state index contributed by atoms with van der Waals surface area (Å²) < 4.78 is 0. The van der Waals surface area contributed by atoms with Gasteiger partial charge in [0.1, 0.15) is 18.0 Å². The van der Waals surface area contributed by atoms with Crippen molar-refractivity contribution in [3.63, 3.8) is 0 Å². The third kappa shape index (κ3) is 3.86. The number of nitrogens with zero attached hydrogens (tertiary/aromatic N) is 3. The maximum Gasteiger partial charge on any atom is 0.133 e. The van der Waals surface area contributed by atoms with Crippen molar-refractivity contribution in [3.05, 3.63) is 25.0 Å². The molecule has 0 bridgehead atoms. The molecule has 0 saturated heterocycles. The smallest absolute Gasteiger partial charge is 0.133 e. The van der Waals surface area contributed by atoms with Crippen LogP contribution in [0.15, 0.2) is 25.0 Å². The van der Waals surface area contributed by atoms with Gasteiger partial charge in [0.05, 0.1) is 0 Å². The minimum absolute atomic E-state index is 0.705. The van der Waals surface area contributed by atoms with Crippen LogP contribution in [0, 0.1) is 0 Å². The number of hydrogen-bond donors (Lipinski definition) is 2. The van der Waals surface area contributed by atoms with Crippen molar-refractivity contribution >= 4 is 11.6 Å². The van der Waals surface area contributed by atoms with E-state index in [-0.39, 0.29) is 0 Å². The third-order valence-electron chi connectivity index (χ3n) is 2.17. The summed E-state index contributed by atoms with van der Waals surface area (Å²) in [6, 6.07) is 1.93. The van der Waals surface area contributed by atoms with Gasteiger partial charge in [0, 0.05) is 32.7 Å². The molecule has 1 aromatic heterocycles. The van der Waals surface area contributed by atoms with Gasteiger partial charge in [-0.05, 0) is 7.05 Å². The molecular formula is C11H19N5. The molecule has 88 valence electrons. The maximum atomic E-state index is 4.22. The van der Waals surface area contributed by atoms with E-state index in [4.69, 9.17) is 0 Å². The fraction of sp³-hybridized carbons (Fsp3) is 0.455. The maximum absolute atomic E-state index is 4.22. The molecule has 5 heteroatoms. The average molecular weight is 221 g/mol. The van der Waals surface area contributed by atoms with Gasteiger partial charge in [0.25, 0.3) is 0 Å². The average Bonchev–Trinajstić information content (AvgIpc) is 2.33. The zero-order valence-electron chi connectivity index (χ0n) is 9.90. The topological polar surface area (TPSA) is 53.1 Å². The lowest BCUT2D eigenvalue weighted by Crippen LogP contribution is -2.27. The van der Waals surface area contributed by atoms with Crippen LogP contribution in [0.2, 0.25) is 0 Å². The van der Waals surface area contributed by atoms with Crippen LogP contribution in [0.1, 0.15) is 0 Å². The van der Waals surface area contributed by atoms with Crippen LogP contribution >= 0.6 is 0 Å². The third-order valence-corrected chi connectivity index (χ3v) is 2.17. The van der Waals surface area contributed by atoms with Crippen molar-refractivity contribution in [2.24, 2.45) is 0 Å². The minimum atomic E-state index is 0.705. The Hall–Kier alpha value is -1.62. The van der Waals surface area contributed by atoms with Crippen LogP contribution in [-0.4, -0.2) is 43.7 Å². The van der Waals surface area contributed by atoms with Crippen LogP contribution in [0.25, 0.3) is 0 Å². The zero-order chi connectivity index (χ0) is 11.8. The van der Waals surface area contributed by atoms with E-state index in [9.17, 15) is 0 Å². The second-order valence-electron chi connectivity index (χ2n) is 3.46. The SMILES string of the molecule is C=CCNc1cc(N(C)CCNC)ncn1. The van der Waals surface area contributed by atoms with E-state index in [1.807, 2.05) is 20.2 Å². The molecule has 1 aromatic rings. The van der Waals surface area contributed by atoms with Gasteiger partial charge in [-0.3, -0.25) is 0 Å². The van der Waals surface area contributed by atoms with Gasteiger partial charge in [-0.2, -0.15) is 0 Å². The molecule has 0 aliphatic carbocycles. The highest BCUT2D eigenvalue weighted by atomic mass is 15.2. The van der Waals surface area contributed by atoms with Crippen LogP contribution < -0.4 is 15.5 Å². The molecule has 0 fully saturated rings. The zero-order valence-corrected chi connectivity index (χ0v) is 9.90. The Kier molecular flexibility index (Phi) is 5.28. The first kappa shape index (κ1) is 12.4. The molecule has 1 heterocycles. The van der Waals surface area contributed by atoms with Crippen molar-refractivity contribution in [1.29, 1.82) is 0 Å². The van der Waals surface area contributed by atoms with Gasteiger partial charge in [-0.25, -0.2) is 9.97 Å². The Morgan fingerprint density at radius 2 is 2.31 bits per heavy atom. The lowest BCUT2D eigenvalue weighted by molar-refractivity contribution is 0.760. The lowest BCUT2D eigenvalue weighted by Gasteiger charge is -2.18. The quantitative estimate of drug-likeness (QED) is 0.665. The summed E-state index contributed by atoms with van der Waals surface area (Å²) in [6.45, 7) is 6.19. The number of nitrogens with one attached hydrogen (secondary N) is 2. The molecule has 5 nitrogen and oxygen atoms in total. The molecule has 16 heavy (non-hydrogen) atoms. The predicted octanol–water partition coefficient (Wildman–Crippen LogP) is 0.730. The Morgan fingerprint density at radius 1 is 1.50 bits per heavy atom. The summed E-state index contributed by atoms with van der Waals surface area (Å²) in [5, 5.41) is 6.24. The molecule has 0 unspecified atom stereocenters. The van der Waals surface area contributed by atoms with Crippen LogP contribution in [-0.2, 0) is 0 Å². The van der Waals surface area contributed by atoms with Gasteiger partial charge in [-0.15, -0.1) is 6.58 Å². The summed E-state index contributed by atoms with van der Waals surface area (Å²) in [7, 11) is 3.95. The molecule has 1 rings (SSSR count). The Labute approximate surface area is 96.6 Å². The van der Waals surface area contributed by atoms with Crippen LogP contribution in [0.4, 0.5) is 11.6 Å². The van der Waals surface area contributed by atoms with Crippen molar-refractivity contribution in [1.82, 2.24) is 15.3 Å². The summed E-state index contributed by atoms with van der Waals surface area (Å²) in [6.07, 6.45) is 3.36. The van der Waals surface area contributed by atoms with E-state index in [0.717, 1.165) is 24.7 Å². The Bertz CT molecular complexity index is 326. The molecule has 0 atom stereocenters. The number of rotatable bonds is 7. The van der Waals surface area contributed by atoms with E-state index in [1.54, 1.807) is 12.4 Å². The minimum Gasteiger partial charge on any atom is -0.366 e. The summed E-state index contributed by atoms with van der Waals surface area (Å²) in [4.78, 5) is 10.4. The first-order valence-corrected chi connectivity index (χ1v) is 5.30. The largest absolute Gasteiger partial charge is 0.366 e. The Balaban J connectivity index is 2.61. The standard InChI is InChI=1S/C11H19N5/c1-4-5-13-10-8-11(15-9-14-10)16(3)7-6-12-2/h4,8-9,12H,1,5-7H2,2-3H3,(H,13,14,15). The van der Waals surface area contributed by atoms with E-state index < -0.39 is 0 Å². The van der Waals surface area contributed by atoms with E-state index in [0.29, 0.717) is 6.54 Å². The molecule has 0 aliphatic heterocycles. The van der Waals surface area contributed by atoms with Gasteiger partial charge >= 0.3 is 0 Å². The second kappa shape index (κ2) is 6.79. The summed E-state index contributed by atoms with van der Waals surface area (Å²) in [5.41, 5.74) is 0. The van der Waals surface area contributed by atoms with Crippen LogP contribution in [0.3, 0.4) is 0 Å². The van der Waals surface area contributed by atoms with Crippen LogP contribution in [0.5, 0.6) is 0 Å². The fourth-order valence-corrected chi connectivity index (χ4v) is 1.22. The highest BCUT2D eigenvalue weighted by Gasteiger charge is 2.02. The van der Waals surface area contributed by atoms with Gasteiger partial charge in [-0.1, -0.05) is 6.08 Å². The normalized spacial score (nSPS) is 9.88. The molecule has 0 spiro atoms. The molecule has 0 saturated carbocycles. The van der Waals surface area contributed by atoms with Gasteiger partial charge in [0.15, 0.2) is 0 Å². The van der Waals surface area contributed by atoms with Crippen molar-refractivity contribution in [3.8, 4) is 0 Å². The van der Waals surface area contributed by atoms with Gasteiger partial charge in [0.2, 0.25) is 0 Å². The summed E-state index contributed by atoms with van der Waals surface area (Å²) in [5.74, 6) is 1.73. The van der Waals surface area contributed by atoms with Gasteiger partial charge < -0.3 is 15.5 Å². The second-order valence-corrected chi connectivity index (χ2v) is 3.46. The number of likely N-dealkylation sites (N-methyl/N-ethyl adjacent to an activating group) is 2. The van der Waals surface area contributed by atoms with Crippen molar-refractivity contribution < 1.29 is 0 Å². The van der Waals surface area contributed by atoms with Crippen molar-refractivity contribution in [2.75, 3.05) is 43.9 Å². The molecule has 0 amide bonds. The van der Waals surface area contributed by atoms with Crippen molar-refractivity contribution in [2.45, 2.75) is 0 Å². The van der Waals surface area contributed by atoms with E-state index in [2.05, 4.69) is 32.1 Å². The number of anilines is 2. The molecule has 0 radical (unpaired) electrons. The monoisotopic (exact) mass is 221 g/mol. The lowest BCUT2D eigenvalue weighted by atomic mass is 10.4. The highest BCUT2D eigenvalue weighted by Crippen LogP contribution is 2.11. The Morgan fingerprint density at radius 3 is 3.00 bits per heavy atom. The predicted molar refractivity (Wildman–Crippen MR) is 67.9 cm³/mol. The first-order chi connectivity index (χ1) is 7.77. The first-order valence-electron chi connectivity index (χ1n) is 5.30.